The van der Waals surface area contributed by atoms with Crippen LogP contribution in [-0.4, -0.2) is 42.9 Å². The molecule has 0 bridgehead atoms. The monoisotopic (exact) mass is 263 g/mol. The van der Waals surface area contributed by atoms with E-state index in [0.717, 1.165) is 30.0 Å². The van der Waals surface area contributed by atoms with E-state index in [2.05, 4.69) is 4.90 Å². The molecule has 4 heteroatoms. The normalized spacial score (nSPS) is 20.5. The zero-order valence-electron chi connectivity index (χ0n) is 11.2. The molecule has 2 aliphatic heterocycles. The van der Waals surface area contributed by atoms with Gasteiger partial charge >= 0.3 is 0 Å². The Morgan fingerprint density at radius 1 is 1.11 bits per heavy atom. The highest BCUT2D eigenvalue weighted by Gasteiger charge is 2.17. The van der Waals surface area contributed by atoms with E-state index < -0.39 is 6.10 Å². The molecule has 0 radical (unpaired) electrons. The zero-order chi connectivity index (χ0) is 13.1. The van der Waals surface area contributed by atoms with Crippen molar-refractivity contribution in [2.24, 2.45) is 0 Å². The van der Waals surface area contributed by atoms with Gasteiger partial charge in [0.25, 0.3) is 0 Å². The van der Waals surface area contributed by atoms with E-state index in [1.807, 2.05) is 18.2 Å². The smallest absolute Gasteiger partial charge is 0.161 e. The van der Waals surface area contributed by atoms with Crippen LogP contribution < -0.4 is 9.47 Å². The molecule has 4 nitrogen and oxygen atoms in total. The quantitative estimate of drug-likeness (QED) is 0.902. The van der Waals surface area contributed by atoms with Gasteiger partial charge in [0.05, 0.1) is 6.10 Å². The molecule has 3 rings (SSSR count). The van der Waals surface area contributed by atoms with Crippen LogP contribution in [0.2, 0.25) is 0 Å². The predicted octanol–water partition coefficient (Wildman–Crippen LogP) is 1.98. The summed E-state index contributed by atoms with van der Waals surface area (Å²) in [5.41, 5.74) is 0.920. The summed E-state index contributed by atoms with van der Waals surface area (Å²) in [5, 5.41) is 10.3. The standard InChI is InChI=1S/C15H21NO3/c17-13(5-8-16-6-1-2-7-16)12-3-4-14-15(11-12)19-10-9-18-14/h3-4,11,13,17H,1-2,5-10H2. The summed E-state index contributed by atoms with van der Waals surface area (Å²) >= 11 is 0. The second-order valence-corrected chi connectivity index (χ2v) is 5.26. The number of aliphatic hydroxyl groups excluding tert-OH is 1. The molecule has 1 N–H and O–H groups in total. The lowest BCUT2D eigenvalue weighted by Crippen LogP contribution is -2.22. The molecule has 1 aromatic rings. The van der Waals surface area contributed by atoms with Gasteiger partial charge in [0.2, 0.25) is 0 Å². The van der Waals surface area contributed by atoms with Crippen LogP contribution in [0.4, 0.5) is 0 Å². The van der Waals surface area contributed by atoms with Crippen molar-refractivity contribution in [1.29, 1.82) is 0 Å². The van der Waals surface area contributed by atoms with Gasteiger partial charge in [0.15, 0.2) is 11.5 Å². The van der Waals surface area contributed by atoms with E-state index in [9.17, 15) is 5.11 Å². The minimum absolute atomic E-state index is 0.420. The van der Waals surface area contributed by atoms with Crippen LogP contribution >= 0.6 is 0 Å². The molecule has 0 aromatic heterocycles. The van der Waals surface area contributed by atoms with Gasteiger partial charge in [-0.2, -0.15) is 0 Å². The Bertz CT molecular complexity index is 429. The highest BCUT2D eigenvalue weighted by atomic mass is 16.6. The first-order valence-electron chi connectivity index (χ1n) is 7.13. The van der Waals surface area contributed by atoms with E-state index in [4.69, 9.17) is 9.47 Å². The molecule has 2 heterocycles. The first-order chi connectivity index (χ1) is 9.33. The van der Waals surface area contributed by atoms with Gasteiger partial charge < -0.3 is 19.5 Å². The fourth-order valence-corrected chi connectivity index (χ4v) is 2.74. The van der Waals surface area contributed by atoms with Gasteiger partial charge in [-0.25, -0.2) is 0 Å². The summed E-state index contributed by atoms with van der Waals surface area (Å²) in [4.78, 5) is 2.42. The molecule has 0 saturated carbocycles. The van der Waals surface area contributed by atoms with Gasteiger partial charge in [0, 0.05) is 6.54 Å². The van der Waals surface area contributed by atoms with Crippen LogP contribution in [0.3, 0.4) is 0 Å². The Kier molecular flexibility index (Phi) is 3.89. The molecule has 2 aliphatic rings. The molecule has 1 atom stereocenters. The highest BCUT2D eigenvalue weighted by molar-refractivity contribution is 5.44. The van der Waals surface area contributed by atoms with Crippen molar-refractivity contribution in [3.63, 3.8) is 0 Å². The SMILES string of the molecule is OC(CCN1CCCC1)c1ccc2c(c1)OCCO2. The maximum Gasteiger partial charge on any atom is 0.161 e. The van der Waals surface area contributed by atoms with Crippen LogP contribution in [0.1, 0.15) is 30.9 Å². The van der Waals surface area contributed by atoms with Crippen molar-refractivity contribution in [1.82, 2.24) is 4.90 Å². The summed E-state index contributed by atoms with van der Waals surface area (Å²) in [6.07, 6.45) is 2.94. The van der Waals surface area contributed by atoms with E-state index in [0.29, 0.717) is 13.2 Å². The lowest BCUT2D eigenvalue weighted by Gasteiger charge is -2.21. The van der Waals surface area contributed by atoms with Crippen molar-refractivity contribution in [2.45, 2.75) is 25.4 Å². The van der Waals surface area contributed by atoms with Crippen LogP contribution in [-0.2, 0) is 0 Å². The molecule has 1 unspecified atom stereocenters. The van der Waals surface area contributed by atoms with Crippen molar-refractivity contribution < 1.29 is 14.6 Å². The number of hydrogen-bond acceptors (Lipinski definition) is 4. The van der Waals surface area contributed by atoms with Gasteiger partial charge in [-0.05, 0) is 50.0 Å². The first kappa shape index (κ1) is 12.8. The van der Waals surface area contributed by atoms with Crippen LogP contribution in [0, 0.1) is 0 Å². The minimum Gasteiger partial charge on any atom is -0.486 e. The Morgan fingerprint density at radius 2 is 1.84 bits per heavy atom. The Morgan fingerprint density at radius 3 is 2.63 bits per heavy atom. The number of ether oxygens (including phenoxy) is 2. The average molecular weight is 263 g/mol. The van der Waals surface area contributed by atoms with Gasteiger partial charge in [-0.15, -0.1) is 0 Å². The molecule has 1 aromatic carbocycles. The predicted molar refractivity (Wildman–Crippen MR) is 72.7 cm³/mol. The molecular weight excluding hydrogens is 242 g/mol. The number of rotatable bonds is 4. The topological polar surface area (TPSA) is 41.9 Å². The Hall–Kier alpha value is -1.26. The number of aliphatic hydroxyl groups is 1. The number of nitrogens with zero attached hydrogens (tertiary/aromatic N) is 1. The summed E-state index contributed by atoms with van der Waals surface area (Å²) in [7, 11) is 0. The van der Waals surface area contributed by atoms with E-state index in [1.54, 1.807) is 0 Å². The molecule has 0 spiro atoms. The average Bonchev–Trinajstić information content (AvgIpc) is 2.97. The second-order valence-electron chi connectivity index (χ2n) is 5.26. The third kappa shape index (κ3) is 3.01. The molecule has 0 aliphatic carbocycles. The van der Waals surface area contributed by atoms with Crippen molar-refractivity contribution >= 4 is 0 Å². The largest absolute Gasteiger partial charge is 0.486 e. The van der Waals surface area contributed by atoms with Crippen molar-refractivity contribution in [3.8, 4) is 11.5 Å². The lowest BCUT2D eigenvalue weighted by atomic mass is 10.1. The van der Waals surface area contributed by atoms with Gasteiger partial charge in [0.1, 0.15) is 13.2 Å². The van der Waals surface area contributed by atoms with Crippen LogP contribution in [0.25, 0.3) is 0 Å². The van der Waals surface area contributed by atoms with Crippen LogP contribution in [0.5, 0.6) is 11.5 Å². The molecule has 104 valence electrons. The Labute approximate surface area is 113 Å². The van der Waals surface area contributed by atoms with Crippen molar-refractivity contribution in [3.05, 3.63) is 23.8 Å². The maximum atomic E-state index is 10.3. The lowest BCUT2D eigenvalue weighted by molar-refractivity contribution is 0.145. The van der Waals surface area contributed by atoms with E-state index in [1.165, 1.54) is 25.9 Å². The number of benzene rings is 1. The summed E-state index contributed by atoms with van der Waals surface area (Å²) in [6.45, 7) is 4.50. The molecule has 1 fully saturated rings. The molecule has 0 amide bonds. The fraction of sp³-hybridized carbons (Fsp3) is 0.600. The molecule has 1 saturated heterocycles. The van der Waals surface area contributed by atoms with Crippen LogP contribution in [0.15, 0.2) is 18.2 Å². The highest BCUT2D eigenvalue weighted by Crippen LogP contribution is 2.33. The fourth-order valence-electron chi connectivity index (χ4n) is 2.74. The zero-order valence-corrected chi connectivity index (χ0v) is 11.2. The Balaban J connectivity index is 1.60. The third-order valence-electron chi connectivity index (χ3n) is 3.87. The van der Waals surface area contributed by atoms with E-state index in [-0.39, 0.29) is 0 Å². The maximum absolute atomic E-state index is 10.3. The summed E-state index contributed by atoms with van der Waals surface area (Å²) in [5.74, 6) is 1.53. The minimum atomic E-state index is -0.420. The first-order valence-corrected chi connectivity index (χ1v) is 7.13. The van der Waals surface area contributed by atoms with Gasteiger partial charge in [-0.3, -0.25) is 0 Å². The third-order valence-corrected chi connectivity index (χ3v) is 3.87. The van der Waals surface area contributed by atoms with E-state index >= 15 is 0 Å². The molecule has 19 heavy (non-hydrogen) atoms. The summed E-state index contributed by atoms with van der Waals surface area (Å²) in [6, 6.07) is 5.73. The van der Waals surface area contributed by atoms with Crippen molar-refractivity contribution in [2.75, 3.05) is 32.8 Å². The number of likely N-dealkylation sites (tertiary alicyclic amines) is 1. The second kappa shape index (κ2) is 5.80. The molecular formula is C15H21NO3. The van der Waals surface area contributed by atoms with Gasteiger partial charge in [-0.1, -0.05) is 6.07 Å². The summed E-state index contributed by atoms with van der Waals surface area (Å²) < 4.78 is 11.0. The number of fused-ring (bicyclic) bond motifs is 1. The number of hydrogen-bond donors (Lipinski definition) is 1.